The number of Topliss-reactive ketones (excluding diaryl/α,β-unsaturated/α-hetero) is 1. The van der Waals surface area contributed by atoms with Crippen LogP contribution in [0, 0.1) is 0 Å². The zero-order valence-corrected chi connectivity index (χ0v) is 13.9. The zero-order chi connectivity index (χ0) is 17.6. The van der Waals surface area contributed by atoms with Crippen LogP contribution in [0.15, 0.2) is 24.4 Å². The van der Waals surface area contributed by atoms with Crippen LogP contribution in [0.4, 0.5) is 0 Å². The van der Waals surface area contributed by atoms with E-state index in [1.54, 1.807) is 0 Å². The Morgan fingerprint density at radius 1 is 1.28 bits per heavy atom. The SMILES string of the molecule is CC(=O)c1nn(CC(=O)O)c2ccc(-c3cnc4n3CCCC4)cc12. The predicted octanol–water partition coefficient (Wildman–Crippen LogP) is 2.52. The Hall–Kier alpha value is -2.96. The number of imidazole rings is 1. The van der Waals surface area contributed by atoms with E-state index < -0.39 is 5.97 Å². The van der Waals surface area contributed by atoms with Gasteiger partial charge in [-0.15, -0.1) is 0 Å². The average molecular weight is 338 g/mol. The molecule has 0 amide bonds. The van der Waals surface area contributed by atoms with Gasteiger partial charge in [-0.2, -0.15) is 5.10 Å². The molecule has 0 spiro atoms. The minimum atomic E-state index is -0.992. The summed E-state index contributed by atoms with van der Waals surface area (Å²) in [5, 5.41) is 13.9. The van der Waals surface area contributed by atoms with Gasteiger partial charge in [0, 0.05) is 30.8 Å². The van der Waals surface area contributed by atoms with Gasteiger partial charge in [0.2, 0.25) is 0 Å². The minimum absolute atomic E-state index is 0.179. The number of carbonyl (C=O) groups excluding carboxylic acids is 1. The predicted molar refractivity (Wildman–Crippen MR) is 91.5 cm³/mol. The van der Waals surface area contributed by atoms with Crippen LogP contribution in [-0.2, 0) is 24.3 Å². The summed E-state index contributed by atoms with van der Waals surface area (Å²) in [7, 11) is 0. The highest BCUT2D eigenvalue weighted by atomic mass is 16.4. The molecule has 128 valence electrons. The Kier molecular flexibility index (Phi) is 3.63. The van der Waals surface area contributed by atoms with E-state index in [0.29, 0.717) is 16.6 Å². The third-order valence-corrected chi connectivity index (χ3v) is 4.64. The monoisotopic (exact) mass is 338 g/mol. The normalized spacial score (nSPS) is 13.8. The maximum Gasteiger partial charge on any atom is 0.325 e. The quantitative estimate of drug-likeness (QED) is 0.738. The van der Waals surface area contributed by atoms with Crippen molar-refractivity contribution in [3.63, 3.8) is 0 Å². The van der Waals surface area contributed by atoms with E-state index in [1.807, 2.05) is 24.4 Å². The first kappa shape index (κ1) is 15.6. The highest BCUT2D eigenvalue weighted by Crippen LogP contribution is 2.29. The van der Waals surface area contributed by atoms with E-state index in [9.17, 15) is 9.59 Å². The van der Waals surface area contributed by atoms with E-state index in [4.69, 9.17) is 5.11 Å². The first-order valence-electron chi connectivity index (χ1n) is 8.32. The average Bonchev–Trinajstić information content (AvgIpc) is 3.16. The summed E-state index contributed by atoms with van der Waals surface area (Å²) in [6.07, 6.45) is 5.15. The number of rotatable bonds is 4. The van der Waals surface area contributed by atoms with Crippen LogP contribution in [0.3, 0.4) is 0 Å². The third-order valence-electron chi connectivity index (χ3n) is 4.64. The van der Waals surface area contributed by atoms with Gasteiger partial charge < -0.3 is 9.67 Å². The largest absolute Gasteiger partial charge is 0.480 e. The molecule has 1 aliphatic heterocycles. The molecule has 0 aliphatic carbocycles. The summed E-state index contributed by atoms with van der Waals surface area (Å²) in [6.45, 7) is 2.12. The molecule has 7 nitrogen and oxygen atoms in total. The molecule has 3 aromatic rings. The summed E-state index contributed by atoms with van der Waals surface area (Å²) in [5.74, 6) is -0.0789. The van der Waals surface area contributed by atoms with Crippen LogP contribution < -0.4 is 0 Å². The van der Waals surface area contributed by atoms with Gasteiger partial charge in [-0.25, -0.2) is 4.98 Å². The number of aryl methyl sites for hydroxylation is 1. The first-order valence-corrected chi connectivity index (χ1v) is 8.32. The summed E-state index contributed by atoms with van der Waals surface area (Å²) < 4.78 is 3.59. The molecule has 0 atom stereocenters. The fraction of sp³-hybridized carbons (Fsp3) is 0.333. The maximum absolute atomic E-state index is 11.9. The van der Waals surface area contributed by atoms with Crippen molar-refractivity contribution in [2.24, 2.45) is 0 Å². The summed E-state index contributed by atoms with van der Waals surface area (Å²) in [6, 6.07) is 5.68. The van der Waals surface area contributed by atoms with Crippen LogP contribution >= 0.6 is 0 Å². The van der Waals surface area contributed by atoms with Crippen molar-refractivity contribution in [1.82, 2.24) is 19.3 Å². The van der Waals surface area contributed by atoms with Crippen molar-refractivity contribution < 1.29 is 14.7 Å². The van der Waals surface area contributed by atoms with Gasteiger partial charge in [0.05, 0.1) is 17.4 Å². The molecule has 7 heteroatoms. The Labute approximate surface area is 143 Å². The molecule has 1 aliphatic rings. The molecule has 4 rings (SSSR count). The standard InChI is InChI=1S/C18H18N4O3/c1-11(23)18-13-8-12(5-6-14(13)22(20-18)10-17(24)25)15-9-19-16-4-2-3-7-21(15)16/h5-6,8-9H,2-4,7,10H2,1H3,(H,24,25). The van der Waals surface area contributed by atoms with Crippen molar-refractivity contribution in [1.29, 1.82) is 0 Å². The van der Waals surface area contributed by atoms with E-state index in [-0.39, 0.29) is 12.3 Å². The Balaban J connectivity index is 1.87. The summed E-state index contributed by atoms with van der Waals surface area (Å²) in [5.41, 5.74) is 2.94. The van der Waals surface area contributed by atoms with Crippen LogP contribution in [-0.4, -0.2) is 36.2 Å². The Bertz CT molecular complexity index is 999. The molecular weight excluding hydrogens is 320 g/mol. The Morgan fingerprint density at radius 2 is 2.12 bits per heavy atom. The number of aliphatic carboxylic acids is 1. The second-order valence-corrected chi connectivity index (χ2v) is 6.36. The smallest absolute Gasteiger partial charge is 0.325 e. The van der Waals surface area contributed by atoms with Gasteiger partial charge >= 0.3 is 5.97 Å². The highest BCUT2D eigenvalue weighted by molar-refractivity contribution is 6.06. The fourth-order valence-electron chi connectivity index (χ4n) is 3.49. The molecule has 0 saturated carbocycles. The van der Waals surface area contributed by atoms with Crippen molar-refractivity contribution in [3.05, 3.63) is 35.9 Å². The minimum Gasteiger partial charge on any atom is -0.480 e. The number of hydrogen-bond donors (Lipinski definition) is 1. The zero-order valence-electron chi connectivity index (χ0n) is 13.9. The Morgan fingerprint density at radius 3 is 2.88 bits per heavy atom. The number of ketones is 1. The second-order valence-electron chi connectivity index (χ2n) is 6.36. The molecule has 0 bridgehead atoms. The molecule has 0 saturated heterocycles. The molecule has 3 heterocycles. The number of aromatic nitrogens is 4. The molecule has 0 fully saturated rings. The molecule has 25 heavy (non-hydrogen) atoms. The molecule has 1 aromatic carbocycles. The van der Waals surface area contributed by atoms with Crippen LogP contribution in [0.5, 0.6) is 0 Å². The van der Waals surface area contributed by atoms with E-state index in [0.717, 1.165) is 42.9 Å². The molecule has 0 unspecified atom stereocenters. The number of benzene rings is 1. The van der Waals surface area contributed by atoms with E-state index >= 15 is 0 Å². The topological polar surface area (TPSA) is 90.0 Å². The molecular formula is C18H18N4O3. The van der Waals surface area contributed by atoms with E-state index in [1.165, 1.54) is 11.6 Å². The third kappa shape index (κ3) is 2.61. The lowest BCUT2D eigenvalue weighted by atomic mass is 10.1. The summed E-state index contributed by atoms with van der Waals surface area (Å²) in [4.78, 5) is 27.5. The van der Waals surface area contributed by atoms with Gasteiger partial charge in [-0.05, 0) is 25.0 Å². The van der Waals surface area contributed by atoms with Crippen molar-refractivity contribution >= 4 is 22.7 Å². The second kappa shape index (κ2) is 5.84. The van der Waals surface area contributed by atoms with Gasteiger partial charge in [-0.1, -0.05) is 6.07 Å². The van der Waals surface area contributed by atoms with Crippen molar-refractivity contribution in [2.45, 2.75) is 39.3 Å². The fourth-order valence-corrected chi connectivity index (χ4v) is 3.49. The highest BCUT2D eigenvalue weighted by Gasteiger charge is 2.19. The number of carboxylic acid groups (broad SMARTS) is 1. The lowest BCUT2D eigenvalue weighted by molar-refractivity contribution is -0.137. The molecule has 0 radical (unpaired) electrons. The van der Waals surface area contributed by atoms with Gasteiger partial charge in [0.15, 0.2) is 5.78 Å². The number of carbonyl (C=O) groups is 2. The lowest BCUT2D eigenvalue weighted by Crippen LogP contribution is -2.11. The van der Waals surface area contributed by atoms with Crippen LogP contribution in [0.25, 0.3) is 22.2 Å². The first-order chi connectivity index (χ1) is 12.0. The van der Waals surface area contributed by atoms with Crippen LogP contribution in [0.2, 0.25) is 0 Å². The van der Waals surface area contributed by atoms with Crippen LogP contribution in [0.1, 0.15) is 36.1 Å². The number of carboxylic acids is 1. The van der Waals surface area contributed by atoms with E-state index in [2.05, 4.69) is 14.6 Å². The van der Waals surface area contributed by atoms with Gasteiger partial charge in [0.1, 0.15) is 18.1 Å². The maximum atomic E-state index is 11.9. The van der Waals surface area contributed by atoms with Crippen molar-refractivity contribution in [2.75, 3.05) is 0 Å². The molecule has 2 aromatic heterocycles. The number of nitrogens with zero attached hydrogens (tertiary/aromatic N) is 4. The summed E-state index contributed by atoms with van der Waals surface area (Å²) >= 11 is 0. The van der Waals surface area contributed by atoms with Crippen molar-refractivity contribution in [3.8, 4) is 11.3 Å². The number of hydrogen-bond acceptors (Lipinski definition) is 4. The van der Waals surface area contributed by atoms with Gasteiger partial charge in [0.25, 0.3) is 0 Å². The lowest BCUT2D eigenvalue weighted by Gasteiger charge is -2.16. The number of fused-ring (bicyclic) bond motifs is 2. The van der Waals surface area contributed by atoms with Gasteiger partial charge in [-0.3, -0.25) is 14.3 Å². The molecule has 1 N–H and O–H groups in total.